The van der Waals surface area contributed by atoms with Crippen molar-refractivity contribution in [2.24, 2.45) is 0 Å². The van der Waals surface area contributed by atoms with Crippen molar-refractivity contribution >= 4 is 17.3 Å². The highest BCUT2D eigenvalue weighted by Gasteiger charge is 2.12. The number of amides is 1. The molecular formula is C17H19N3O3. The lowest BCUT2D eigenvalue weighted by molar-refractivity contribution is -0.385. The lowest BCUT2D eigenvalue weighted by atomic mass is 10.1. The monoisotopic (exact) mass is 313 g/mol. The van der Waals surface area contributed by atoms with Crippen molar-refractivity contribution in [3.63, 3.8) is 0 Å². The van der Waals surface area contributed by atoms with Crippen molar-refractivity contribution < 1.29 is 9.72 Å². The van der Waals surface area contributed by atoms with Crippen LogP contribution in [0.1, 0.15) is 15.9 Å². The van der Waals surface area contributed by atoms with Gasteiger partial charge in [0, 0.05) is 43.5 Å². The van der Waals surface area contributed by atoms with Crippen molar-refractivity contribution in [2.45, 2.75) is 6.42 Å². The molecule has 23 heavy (non-hydrogen) atoms. The number of carbonyl (C=O) groups excluding carboxylic acids is 1. The summed E-state index contributed by atoms with van der Waals surface area (Å²) in [6, 6.07) is 13.9. The van der Waals surface area contributed by atoms with E-state index in [1.54, 1.807) is 30.3 Å². The van der Waals surface area contributed by atoms with Crippen molar-refractivity contribution in [1.82, 2.24) is 5.32 Å². The summed E-state index contributed by atoms with van der Waals surface area (Å²) < 4.78 is 0. The minimum Gasteiger partial charge on any atom is -0.378 e. The largest absolute Gasteiger partial charge is 0.378 e. The van der Waals surface area contributed by atoms with Gasteiger partial charge in [-0.15, -0.1) is 0 Å². The Balaban J connectivity index is 1.98. The molecule has 0 heterocycles. The molecule has 2 rings (SSSR count). The van der Waals surface area contributed by atoms with Gasteiger partial charge in [-0.2, -0.15) is 0 Å². The minimum atomic E-state index is -0.405. The molecular weight excluding hydrogens is 294 g/mol. The van der Waals surface area contributed by atoms with Gasteiger partial charge in [0.25, 0.3) is 11.6 Å². The predicted molar refractivity (Wildman–Crippen MR) is 89.9 cm³/mol. The lowest BCUT2D eigenvalue weighted by Crippen LogP contribution is -2.26. The Hall–Kier alpha value is -2.89. The van der Waals surface area contributed by atoms with Crippen LogP contribution in [-0.4, -0.2) is 31.5 Å². The first-order chi connectivity index (χ1) is 11.0. The molecule has 6 nitrogen and oxygen atoms in total. The van der Waals surface area contributed by atoms with E-state index in [-0.39, 0.29) is 11.6 Å². The Labute approximate surface area is 134 Å². The molecule has 0 atom stereocenters. The number of para-hydroxylation sites is 1. The second-order valence-electron chi connectivity index (χ2n) is 5.34. The van der Waals surface area contributed by atoms with Crippen LogP contribution >= 0.6 is 0 Å². The smallest absolute Gasteiger partial charge is 0.272 e. The van der Waals surface area contributed by atoms with E-state index in [0.29, 0.717) is 24.1 Å². The summed E-state index contributed by atoms with van der Waals surface area (Å²) in [7, 11) is 3.82. The second-order valence-corrected chi connectivity index (χ2v) is 5.34. The van der Waals surface area contributed by atoms with Gasteiger partial charge < -0.3 is 10.2 Å². The van der Waals surface area contributed by atoms with Gasteiger partial charge in [-0.3, -0.25) is 14.9 Å². The summed E-state index contributed by atoms with van der Waals surface area (Å²) in [5, 5.41) is 13.8. The van der Waals surface area contributed by atoms with E-state index in [4.69, 9.17) is 0 Å². The van der Waals surface area contributed by atoms with E-state index in [2.05, 4.69) is 5.32 Å². The Morgan fingerprint density at radius 2 is 1.91 bits per heavy atom. The predicted octanol–water partition coefficient (Wildman–Crippen LogP) is 2.63. The molecule has 0 aliphatic heterocycles. The number of anilines is 1. The van der Waals surface area contributed by atoms with Crippen molar-refractivity contribution in [3.8, 4) is 0 Å². The molecule has 2 aromatic carbocycles. The maximum atomic E-state index is 12.2. The third kappa shape index (κ3) is 4.29. The molecule has 0 radical (unpaired) electrons. The minimum absolute atomic E-state index is 0.0800. The number of rotatable bonds is 6. The SMILES string of the molecule is CN(C)c1cccc(C(=O)NCCc2ccccc2[N+](=O)[O-])c1. The first-order valence-corrected chi connectivity index (χ1v) is 7.27. The van der Waals surface area contributed by atoms with Gasteiger partial charge >= 0.3 is 0 Å². The van der Waals surface area contributed by atoms with Crippen molar-refractivity contribution in [3.05, 3.63) is 69.8 Å². The summed E-state index contributed by atoms with van der Waals surface area (Å²) in [6.07, 6.45) is 0.413. The van der Waals surface area contributed by atoms with Gasteiger partial charge in [-0.25, -0.2) is 0 Å². The average Bonchev–Trinajstić information content (AvgIpc) is 2.55. The van der Waals surface area contributed by atoms with Gasteiger partial charge in [0.15, 0.2) is 0 Å². The van der Waals surface area contributed by atoms with E-state index in [1.165, 1.54) is 6.07 Å². The van der Waals surface area contributed by atoms with Gasteiger partial charge in [0.1, 0.15) is 0 Å². The third-order valence-electron chi connectivity index (χ3n) is 3.49. The first-order valence-electron chi connectivity index (χ1n) is 7.27. The maximum Gasteiger partial charge on any atom is 0.272 e. The zero-order valence-corrected chi connectivity index (χ0v) is 13.2. The van der Waals surface area contributed by atoms with Gasteiger partial charge in [-0.1, -0.05) is 24.3 Å². The number of benzene rings is 2. The fourth-order valence-electron chi connectivity index (χ4n) is 2.24. The number of hydrogen-bond donors (Lipinski definition) is 1. The van der Waals surface area contributed by atoms with Gasteiger partial charge in [-0.05, 0) is 24.6 Å². The summed E-state index contributed by atoms with van der Waals surface area (Å²) in [5.74, 6) is -0.188. The Kier molecular flexibility index (Phi) is 5.30. The van der Waals surface area contributed by atoms with E-state index in [1.807, 2.05) is 31.1 Å². The quantitative estimate of drug-likeness (QED) is 0.657. The normalized spacial score (nSPS) is 10.2. The molecule has 2 aromatic rings. The molecule has 0 fully saturated rings. The molecule has 0 unspecified atom stereocenters. The second kappa shape index (κ2) is 7.40. The standard InChI is InChI=1S/C17H19N3O3/c1-19(2)15-8-5-7-14(12-15)17(21)18-11-10-13-6-3-4-9-16(13)20(22)23/h3-9,12H,10-11H2,1-2H3,(H,18,21). The van der Waals surface area contributed by atoms with Crippen molar-refractivity contribution in [1.29, 1.82) is 0 Å². The molecule has 1 amide bonds. The molecule has 120 valence electrons. The highest BCUT2D eigenvalue weighted by molar-refractivity contribution is 5.95. The van der Waals surface area contributed by atoms with Gasteiger partial charge in [0.05, 0.1) is 4.92 Å². The highest BCUT2D eigenvalue weighted by atomic mass is 16.6. The number of nitro benzene ring substituents is 1. The molecule has 0 aliphatic carbocycles. The Bertz CT molecular complexity index is 714. The van der Waals surface area contributed by atoms with E-state index >= 15 is 0 Å². The molecule has 6 heteroatoms. The molecule has 0 aromatic heterocycles. The van der Waals surface area contributed by atoms with Crippen LogP contribution in [0.4, 0.5) is 11.4 Å². The van der Waals surface area contributed by atoms with Crippen LogP contribution in [-0.2, 0) is 6.42 Å². The summed E-state index contributed by atoms with van der Waals surface area (Å²) in [4.78, 5) is 24.6. The topological polar surface area (TPSA) is 75.5 Å². The number of hydrogen-bond acceptors (Lipinski definition) is 4. The van der Waals surface area contributed by atoms with E-state index in [0.717, 1.165) is 5.69 Å². The van der Waals surface area contributed by atoms with Crippen LogP contribution < -0.4 is 10.2 Å². The summed E-state index contributed by atoms with van der Waals surface area (Å²) in [6.45, 7) is 0.343. The van der Waals surface area contributed by atoms with Crippen molar-refractivity contribution in [2.75, 3.05) is 25.5 Å². The fourth-order valence-corrected chi connectivity index (χ4v) is 2.24. The maximum absolute atomic E-state index is 12.2. The Morgan fingerprint density at radius 1 is 1.17 bits per heavy atom. The molecule has 0 saturated carbocycles. The zero-order chi connectivity index (χ0) is 16.8. The number of nitrogens with zero attached hydrogens (tertiary/aromatic N) is 2. The zero-order valence-electron chi connectivity index (χ0n) is 13.2. The Morgan fingerprint density at radius 3 is 2.61 bits per heavy atom. The van der Waals surface area contributed by atoms with Crippen LogP contribution in [0.25, 0.3) is 0 Å². The average molecular weight is 313 g/mol. The number of nitrogens with one attached hydrogen (secondary N) is 1. The molecule has 0 aliphatic rings. The van der Waals surface area contributed by atoms with Crippen LogP contribution in [0.5, 0.6) is 0 Å². The van der Waals surface area contributed by atoms with Gasteiger partial charge in [0.2, 0.25) is 0 Å². The van der Waals surface area contributed by atoms with E-state index < -0.39 is 4.92 Å². The van der Waals surface area contributed by atoms with E-state index in [9.17, 15) is 14.9 Å². The number of carbonyl (C=O) groups is 1. The third-order valence-corrected chi connectivity index (χ3v) is 3.49. The highest BCUT2D eigenvalue weighted by Crippen LogP contribution is 2.18. The van der Waals surface area contributed by atoms with Crippen LogP contribution in [0.3, 0.4) is 0 Å². The number of nitro groups is 1. The fraction of sp³-hybridized carbons (Fsp3) is 0.235. The molecule has 0 bridgehead atoms. The lowest BCUT2D eigenvalue weighted by Gasteiger charge is -2.13. The summed E-state index contributed by atoms with van der Waals surface area (Å²) >= 11 is 0. The molecule has 0 saturated heterocycles. The first kappa shape index (κ1) is 16.5. The van der Waals surface area contributed by atoms with Crippen LogP contribution in [0.15, 0.2) is 48.5 Å². The molecule has 1 N–H and O–H groups in total. The van der Waals surface area contributed by atoms with Crippen LogP contribution in [0, 0.1) is 10.1 Å². The molecule has 0 spiro atoms. The van der Waals surface area contributed by atoms with Crippen LogP contribution in [0.2, 0.25) is 0 Å². The summed E-state index contributed by atoms with van der Waals surface area (Å²) in [5.41, 5.74) is 2.20.